The van der Waals surface area contributed by atoms with Gasteiger partial charge in [0.25, 0.3) is 0 Å². The highest BCUT2D eigenvalue weighted by Crippen LogP contribution is 2.25. The number of rotatable bonds is 8. The Morgan fingerprint density at radius 1 is 1.36 bits per heavy atom. The van der Waals surface area contributed by atoms with Gasteiger partial charge in [-0.1, -0.05) is 19.1 Å². The van der Waals surface area contributed by atoms with E-state index in [0.29, 0.717) is 19.5 Å². The minimum Gasteiger partial charge on any atom is -0.480 e. The van der Waals surface area contributed by atoms with Crippen LogP contribution in [0, 0.1) is 0 Å². The average molecular weight is 344 g/mol. The van der Waals surface area contributed by atoms with Gasteiger partial charge in [0.15, 0.2) is 0 Å². The summed E-state index contributed by atoms with van der Waals surface area (Å²) in [4.78, 5) is 29.3. The summed E-state index contributed by atoms with van der Waals surface area (Å²) in [5.74, 6) is -0.774. The van der Waals surface area contributed by atoms with Gasteiger partial charge in [0.05, 0.1) is 23.9 Å². The first-order valence-corrected chi connectivity index (χ1v) is 8.72. The highest BCUT2D eigenvalue weighted by Gasteiger charge is 2.34. The van der Waals surface area contributed by atoms with E-state index in [1.165, 1.54) is 0 Å². The summed E-state index contributed by atoms with van der Waals surface area (Å²) < 4.78 is 1.99. The van der Waals surface area contributed by atoms with E-state index in [-0.39, 0.29) is 24.5 Å². The van der Waals surface area contributed by atoms with Gasteiger partial charge in [-0.2, -0.15) is 0 Å². The van der Waals surface area contributed by atoms with Gasteiger partial charge >= 0.3 is 5.97 Å². The molecule has 2 aromatic rings. The predicted molar refractivity (Wildman–Crippen MR) is 94.2 cm³/mol. The number of amides is 1. The van der Waals surface area contributed by atoms with Gasteiger partial charge in [-0.05, 0) is 31.5 Å². The van der Waals surface area contributed by atoms with Crippen molar-refractivity contribution in [2.45, 2.75) is 44.8 Å². The number of carboxylic acids is 1. The van der Waals surface area contributed by atoms with E-state index in [2.05, 4.69) is 10.3 Å². The Morgan fingerprint density at radius 2 is 2.12 bits per heavy atom. The van der Waals surface area contributed by atoms with E-state index in [4.69, 9.17) is 5.11 Å². The van der Waals surface area contributed by atoms with Crippen molar-refractivity contribution in [1.82, 2.24) is 19.8 Å². The molecule has 25 heavy (non-hydrogen) atoms. The van der Waals surface area contributed by atoms with Crippen LogP contribution in [0.25, 0.3) is 11.0 Å². The van der Waals surface area contributed by atoms with E-state index in [1.54, 1.807) is 6.33 Å². The fourth-order valence-corrected chi connectivity index (χ4v) is 3.39. The van der Waals surface area contributed by atoms with Gasteiger partial charge in [-0.3, -0.25) is 14.5 Å². The average Bonchev–Trinajstić information content (AvgIpc) is 2.97. The molecule has 0 aliphatic heterocycles. The van der Waals surface area contributed by atoms with Crippen molar-refractivity contribution in [3.63, 3.8) is 0 Å². The lowest BCUT2D eigenvalue weighted by atomic mass is 9.85. The molecule has 7 nitrogen and oxygen atoms in total. The lowest BCUT2D eigenvalue weighted by Crippen LogP contribution is -2.54. The molecule has 1 aliphatic rings. The zero-order valence-corrected chi connectivity index (χ0v) is 14.4. The summed E-state index contributed by atoms with van der Waals surface area (Å²) in [7, 11) is 0. The maximum Gasteiger partial charge on any atom is 0.317 e. The highest BCUT2D eigenvalue weighted by atomic mass is 16.4. The van der Waals surface area contributed by atoms with Crippen LogP contribution in [0.1, 0.15) is 26.2 Å². The molecule has 1 saturated carbocycles. The molecule has 134 valence electrons. The van der Waals surface area contributed by atoms with Crippen LogP contribution in [0.15, 0.2) is 30.6 Å². The minimum atomic E-state index is -0.804. The van der Waals surface area contributed by atoms with E-state index >= 15 is 0 Å². The lowest BCUT2D eigenvalue weighted by molar-refractivity contribution is -0.139. The molecule has 1 aliphatic carbocycles. The number of imidazole rings is 1. The number of fused-ring (bicyclic) bond motifs is 1. The van der Waals surface area contributed by atoms with E-state index in [1.807, 2.05) is 40.7 Å². The van der Waals surface area contributed by atoms with Gasteiger partial charge in [0.1, 0.15) is 0 Å². The van der Waals surface area contributed by atoms with Crippen molar-refractivity contribution in [3.8, 4) is 0 Å². The number of hydrogen-bond donors (Lipinski definition) is 2. The van der Waals surface area contributed by atoms with Crippen molar-refractivity contribution in [1.29, 1.82) is 0 Å². The monoisotopic (exact) mass is 344 g/mol. The van der Waals surface area contributed by atoms with Crippen molar-refractivity contribution in [2.24, 2.45) is 0 Å². The zero-order chi connectivity index (χ0) is 17.8. The van der Waals surface area contributed by atoms with Crippen LogP contribution < -0.4 is 5.32 Å². The van der Waals surface area contributed by atoms with Gasteiger partial charge in [-0.15, -0.1) is 0 Å². The number of nitrogens with one attached hydrogen (secondary N) is 1. The first-order chi connectivity index (χ1) is 12.1. The Hall–Kier alpha value is -2.41. The summed E-state index contributed by atoms with van der Waals surface area (Å²) in [6, 6.07) is 8.27. The maximum atomic E-state index is 12.1. The second-order valence-corrected chi connectivity index (χ2v) is 6.52. The molecule has 0 unspecified atom stereocenters. The fourth-order valence-electron chi connectivity index (χ4n) is 3.39. The molecule has 1 heterocycles. The lowest BCUT2D eigenvalue weighted by Gasteiger charge is -2.42. The molecule has 0 saturated heterocycles. The Kier molecular flexibility index (Phi) is 5.33. The third-order valence-corrected chi connectivity index (χ3v) is 4.85. The highest BCUT2D eigenvalue weighted by molar-refractivity contribution is 5.77. The summed E-state index contributed by atoms with van der Waals surface area (Å²) in [6.45, 7) is 3.34. The Balaban J connectivity index is 1.43. The molecular formula is C18H24N4O3. The molecular weight excluding hydrogens is 320 g/mol. The number of likely N-dealkylation sites (N-methyl/N-ethyl adjacent to an activating group) is 1. The summed E-state index contributed by atoms with van der Waals surface area (Å²) in [5, 5.41) is 12.0. The van der Waals surface area contributed by atoms with Gasteiger partial charge in [-0.25, -0.2) is 4.98 Å². The molecule has 2 N–H and O–H groups in total. The van der Waals surface area contributed by atoms with Crippen LogP contribution >= 0.6 is 0 Å². The molecule has 1 fully saturated rings. The van der Waals surface area contributed by atoms with Crippen molar-refractivity contribution < 1.29 is 14.7 Å². The minimum absolute atomic E-state index is 0.0301. The topological polar surface area (TPSA) is 87.5 Å². The maximum absolute atomic E-state index is 12.1. The molecule has 0 radical (unpaired) electrons. The van der Waals surface area contributed by atoms with Crippen molar-refractivity contribution >= 4 is 22.9 Å². The van der Waals surface area contributed by atoms with E-state index in [0.717, 1.165) is 23.9 Å². The second kappa shape index (κ2) is 7.65. The van der Waals surface area contributed by atoms with Crippen LogP contribution in [0.4, 0.5) is 0 Å². The fraction of sp³-hybridized carbons (Fsp3) is 0.500. The molecule has 3 rings (SSSR count). The number of aromatic nitrogens is 2. The van der Waals surface area contributed by atoms with E-state index < -0.39 is 5.97 Å². The van der Waals surface area contributed by atoms with Crippen LogP contribution in [0.2, 0.25) is 0 Å². The third-order valence-electron chi connectivity index (χ3n) is 4.85. The second-order valence-electron chi connectivity index (χ2n) is 6.52. The number of carboxylic acid groups (broad SMARTS) is 1. The number of nitrogens with zero attached hydrogens (tertiary/aromatic N) is 3. The first kappa shape index (κ1) is 17.4. The SMILES string of the molecule is CCN(CC(=O)O)C1CC(NC(=O)CCn2cnc3ccccc32)C1. The summed E-state index contributed by atoms with van der Waals surface area (Å²) >= 11 is 0. The van der Waals surface area contributed by atoms with Crippen LogP contribution in [-0.2, 0) is 16.1 Å². The molecule has 0 spiro atoms. The normalized spacial score (nSPS) is 19.8. The van der Waals surface area contributed by atoms with Gasteiger partial charge in [0, 0.05) is 25.0 Å². The molecule has 1 amide bonds. The van der Waals surface area contributed by atoms with Gasteiger partial charge in [0.2, 0.25) is 5.91 Å². The van der Waals surface area contributed by atoms with Crippen molar-refractivity contribution in [3.05, 3.63) is 30.6 Å². The number of para-hydroxylation sites is 2. The number of carbonyl (C=O) groups is 2. The van der Waals surface area contributed by atoms with Gasteiger partial charge < -0.3 is 15.0 Å². The molecule has 1 aromatic carbocycles. The summed E-state index contributed by atoms with van der Waals surface area (Å²) in [6.07, 6.45) is 3.82. The van der Waals surface area contributed by atoms with E-state index in [9.17, 15) is 9.59 Å². The molecule has 7 heteroatoms. The molecule has 0 atom stereocenters. The summed E-state index contributed by atoms with van der Waals surface area (Å²) in [5.41, 5.74) is 1.97. The van der Waals surface area contributed by atoms with Crippen LogP contribution in [-0.4, -0.2) is 56.6 Å². The number of carbonyl (C=O) groups excluding carboxylic acids is 1. The third kappa shape index (κ3) is 4.17. The van der Waals surface area contributed by atoms with Crippen LogP contribution in [0.3, 0.4) is 0 Å². The largest absolute Gasteiger partial charge is 0.480 e. The standard InChI is InChI=1S/C18H24N4O3/c1-2-21(11-18(24)25)14-9-13(10-14)20-17(23)7-8-22-12-19-15-5-3-4-6-16(15)22/h3-6,12-14H,2,7-11H2,1H3,(H,20,23)(H,24,25). The number of aryl methyl sites for hydroxylation is 1. The predicted octanol–water partition coefficient (Wildman–Crippen LogP) is 1.48. The Labute approximate surface area is 146 Å². The number of aliphatic carboxylic acids is 1. The molecule has 0 bridgehead atoms. The number of benzene rings is 1. The number of hydrogen-bond acceptors (Lipinski definition) is 4. The quantitative estimate of drug-likeness (QED) is 0.757. The van der Waals surface area contributed by atoms with Crippen LogP contribution in [0.5, 0.6) is 0 Å². The smallest absolute Gasteiger partial charge is 0.317 e. The first-order valence-electron chi connectivity index (χ1n) is 8.72. The zero-order valence-electron chi connectivity index (χ0n) is 14.4. The van der Waals surface area contributed by atoms with Crippen molar-refractivity contribution in [2.75, 3.05) is 13.1 Å². The Morgan fingerprint density at radius 3 is 2.84 bits per heavy atom. The Bertz CT molecular complexity index is 752. The molecule has 1 aromatic heterocycles.